The normalized spacial score (nSPS) is 11.5. The third kappa shape index (κ3) is 4.54. The van der Waals surface area contributed by atoms with E-state index >= 15 is 0 Å². The van der Waals surface area contributed by atoms with Gasteiger partial charge in [0.25, 0.3) is 5.91 Å². The van der Waals surface area contributed by atoms with Gasteiger partial charge in [0.2, 0.25) is 5.95 Å². The van der Waals surface area contributed by atoms with Crippen LogP contribution in [0.3, 0.4) is 0 Å². The zero-order valence-corrected chi connectivity index (χ0v) is 14.5. The van der Waals surface area contributed by atoms with Crippen molar-refractivity contribution in [1.29, 1.82) is 0 Å². The zero-order chi connectivity index (χ0) is 18.4. The van der Waals surface area contributed by atoms with Crippen LogP contribution in [0, 0.1) is 0 Å². The van der Waals surface area contributed by atoms with E-state index in [1.165, 1.54) is 6.33 Å². The largest absolute Gasteiger partial charge is 0.478 e. The van der Waals surface area contributed by atoms with Gasteiger partial charge in [-0.15, -0.1) is 0 Å². The van der Waals surface area contributed by atoms with Crippen molar-refractivity contribution in [2.45, 2.75) is 19.4 Å². The molecule has 0 aliphatic rings. The minimum Gasteiger partial charge on any atom is -0.478 e. The van der Waals surface area contributed by atoms with E-state index in [1.807, 2.05) is 48.6 Å². The maximum atomic E-state index is 12.3. The van der Waals surface area contributed by atoms with E-state index in [4.69, 9.17) is 4.74 Å². The minimum atomic E-state index is -1.07. The van der Waals surface area contributed by atoms with Crippen molar-refractivity contribution in [3.8, 4) is 5.75 Å². The third-order valence-corrected chi connectivity index (χ3v) is 3.62. The van der Waals surface area contributed by atoms with Crippen LogP contribution in [0.5, 0.6) is 5.75 Å². The Kier molecular flexibility index (Phi) is 5.07. The molecule has 7 nitrogen and oxygen atoms in total. The number of hydrogen-bond donors (Lipinski definition) is 2. The standard InChI is InChI=1S/C19H19N5O2/c1-19(2,17(25)23-18-21-13-22-24-18)26-16-7-5-14(6-8-16)3-4-15-9-11-20-12-10-15/h3-13H,1-2H3,(H2,21,22,23,24,25)/b4-3+. The Labute approximate surface area is 151 Å². The summed E-state index contributed by atoms with van der Waals surface area (Å²) in [7, 11) is 0. The van der Waals surface area contributed by atoms with Crippen LogP contribution in [-0.2, 0) is 4.79 Å². The number of nitrogens with one attached hydrogen (secondary N) is 2. The van der Waals surface area contributed by atoms with Gasteiger partial charge in [0, 0.05) is 12.4 Å². The maximum absolute atomic E-state index is 12.3. The number of anilines is 1. The van der Waals surface area contributed by atoms with Gasteiger partial charge in [0.05, 0.1) is 0 Å². The average molecular weight is 349 g/mol. The van der Waals surface area contributed by atoms with E-state index in [1.54, 1.807) is 26.2 Å². The monoisotopic (exact) mass is 349 g/mol. The molecule has 0 unspecified atom stereocenters. The molecule has 0 atom stereocenters. The quantitative estimate of drug-likeness (QED) is 0.713. The topological polar surface area (TPSA) is 92.8 Å². The van der Waals surface area contributed by atoms with Gasteiger partial charge in [0.15, 0.2) is 5.60 Å². The summed E-state index contributed by atoms with van der Waals surface area (Å²) in [5.41, 5.74) is 1.03. The Morgan fingerprint density at radius 1 is 1.08 bits per heavy atom. The van der Waals surface area contributed by atoms with E-state index < -0.39 is 5.60 Å². The average Bonchev–Trinajstić information content (AvgIpc) is 3.15. The molecule has 1 aromatic carbocycles. The molecule has 3 rings (SSSR count). The zero-order valence-electron chi connectivity index (χ0n) is 14.5. The summed E-state index contributed by atoms with van der Waals surface area (Å²) in [6.07, 6.45) is 8.83. The lowest BCUT2D eigenvalue weighted by molar-refractivity contribution is -0.128. The Hall–Kier alpha value is -3.48. The lowest BCUT2D eigenvalue weighted by atomic mass is 10.1. The highest BCUT2D eigenvalue weighted by Crippen LogP contribution is 2.21. The lowest BCUT2D eigenvalue weighted by Crippen LogP contribution is -2.42. The summed E-state index contributed by atoms with van der Waals surface area (Å²) in [6.45, 7) is 3.38. The van der Waals surface area contributed by atoms with Crippen molar-refractivity contribution in [2.75, 3.05) is 5.32 Å². The van der Waals surface area contributed by atoms with Gasteiger partial charge in [0.1, 0.15) is 12.1 Å². The predicted molar refractivity (Wildman–Crippen MR) is 99.3 cm³/mol. The fraction of sp³-hybridized carbons (Fsp3) is 0.158. The SMILES string of the molecule is CC(C)(Oc1ccc(/C=C/c2ccncc2)cc1)C(=O)Nc1ncn[nH]1. The number of H-pyrrole nitrogens is 1. The summed E-state index contributed by atoms with van der Waals surface area (Å²) in [5, 5.41) is 8.89. The van der Waals surface area contributed by atoms with Crippen molar-refractivity contribution < 1.29 is 9.53 Å². The second-order valence-corrected chi connectivity index (χ2v) is 6.08. The number of nitrogens with zero attached hydrogens (tertiary/aromatic N) is 3. The number of pyridine rings is 1. The number of amides is 1. The molecule has 0 saturated carbocycles. The third-order valence-electron chi connectivity index (χ3n) is 3.62. The first-order valence-corrected chi connectivity index (χ1v) is 8.07. The molecular weight excluding hydrogens is 330 g/mol. The van der Waals surface area contributed by atoms with E-state index in [9.17, 15) is 4.79 Å². The van der Waals surface area contributed by atoms with E-state index in [0.29, 0.717) is 5.75 Å². The smallest absolute Gasteiger partial charge is 0.270 e. The molecule has 0 saturated heterocycles. The molecule has 0 fully saturated rings. The summed E-state index contributed by atoms with van der Waals surface area (Å²) in [6, 6.07) is 11.4. The number of aromatic amines is 1. The molecule has 2 N–H and O–H groups in total. The summed E-state index contributed by atoms with van der Waals surface area (Å²) in [4.78, 5) is 20.2. The first-order chi connectivity index (χ1) is 12.5. The van der Waals surface area contributed by atoms with Gasteiger partial charge in [-0.25, -0.2) is 5.10 Å². The highest BCUT2D eigenvalue weighted by atomic mass is 16.5. The Balaban J connectivity index is 1.62. The first kappa shape index (κ1) is 17.3. The Bertz CT molecular complexity index is 872. The van der Waals surface area contributed by atoms with Crippen LogP contribution in [0.25, 0.3) is 12.2 Å². The highest BCUT2D eigenvalue weighted by molar-refractivity contribution is 5.95. The second kappa shape index (κ2) is 7.60. The predicted octanol–water partition coefficient (Wildman–Crippen LogP) is 3.17. The van der Waals surface area contributed by atoms with Crippen molar-refractivity contribution in [3.05, 3.63) is 66.2 Å². The van der Waals surface area contributed by atoms with Gasteiger partial charge in [-0.2, -0.15) is 10.1 Å². The van der Waals surface area contributed by atoms with E-state index in [-0.39, 0.29) is 11.9 Å². The molecule has 0 radical (unpaired) electrons. The fourth-order valence-corrected chi connectivity index (χ4v) is 2.18. The van der Waals surface area contributed by atoms with Gasteiger partial charge >= 0.3 is 0 Å². The molecule has 2 heterocycles. The van der Waals surface area contributed by atoms with Crippen LogP contribution < -0.4 is 10.1 Å². The molecule has 0 aliphatic carbocycles. The molecule has 0 aliphatic heterocycles. The molecule has 0 bridgehead atoms. The van der Waals surface area contributed by atoms with E-state index in [0.717, 1.165) is 11.1 Å². The molecule has 132 valence electrons. The molecule has 3 aromatic rings. The van der Waals surface area contributed by atoms with Crippen LogP contribution in [0.4, 0.5) is 5.95 Å². The van der Waals surface area contributed by atoms with Crippen molar-refractivity contribution in [3.63, 3.8) is 0 Å². The maximum Gasteiger partial charge on any atom is 0.270 e. The lowest BCUT2D eigenvalue weighted by Gasteiger charge is -2.24. The summed E-state index contributed by atoms with van der Waals surface area (Å²) in [5.74, 6) is 0.558. The molecule has 26 heavy (non-hydrogen) atoms. The van der Waals surface area contributed by atoms with Gasteiger partial charge in [-0.1, -0.05) is 24.3 Å². The number of benzene rings is 1. The van der Waals surface area contributed by atoms with Gasteiger partial charge in [-0.3, -0.25) is 15.1 Å². The van der Waals surface area contributed by atoms with E-state index in [2.05, 4.69) is 25.5 Å². The molecule has 1 amide bonds. The fourth-order valence-electron chi connectivity index (χ4n) is 2.18. The number of carbonyl (C=O) groups excluding carboxylic acids is 1. The molecule has 7 heteroatoms. The van der Waals surface area contributed by atoms with Crippen LogP contribution in [-0.4, -0.2) is 31.7 Å². The first-order valence-electron chi connectivity index (χ1n) is 8.07. The Morgan fingerprint density at radius 3 is 2.35 bits per heavy atom. The summed E-state index contributed by atoms with van der Waals surface area (Å²) >= 11 is 0. The number of aromatic nitrogens is 4. The number of carbonyl (C=O) groups is 1. The van der Waals surface area contributed by atoms with Crippen molar-refractivity contribution >= 4 is 24.0 Å². The number of hydrogen-bond acceptors (Lipinski definition) is 5. The summed E-state index contributed by atoms with van der Waals surface area (Å²) < 4.78 is 5.82. The van der Waals surface area contributed by atoms with Crippen LogP contribution in [0.1, 0.15) is 25.0 Å². The van der Waals surface area contributed by atoms with Gasteiger partial charge in [-0.05, 0) is 49.2 Å². The van der Waals surface area contributed by atoms with Crippen molar-refractivity contribution in [1.82, 2.24) is 20.2 Å². The number of rotatable bonds is 6. The van der Waals surface area contributed by atoms with Crippen LogP contribution in [0.15, 0.2) is 55.1 Å². The van der Waals surface area contributed by atoms with Crippen molar-refractivity contribution in [2.24, 2.45) is 0 Å². The molecule has 2 aromatic heterocycles. The highest BCUT2D eigenvalue weighted by Gasteiger charge is 2.30. The Morgan fingerprint density at radius 2 is 1.73 bits per heavy atom. The van der Waals surface area contributed by atoms with Crippen LogP contribution >= 0.6 is 0 Å². The number of ether oxygens (including phenoxy) is 1. The minimum absolute atomic E-state index is 0.281. The second-order valence-electron chi connectivity index (χ2n) is 6.08. The van der Waals surface area contributed by atoms with Crippen LogP contribution in [0.2, 0.25) is 0 Å². The van der Waals surface area contributed by atoms with Gasteiger partial charge < -0.3 is 4.74 Å². The molecular formula is C19H19N5O2. The molecule has 0 spiro atoms.